The Kier molecular flexibility index (Phi) is 2.43. The van der Waals surface area contributed by atoms with Crippen LogP contribution in [0.3, 0.4) is 0 Å². The third-order valence-electron chi connectivity index (χ3n) is 1.90. The first-order chi connectivity index (χ1) is 6.68. The van der Waals surface area contributed by atoms with Gasteiger partial charge in [0, 0.05) is 13.2 Å². The number of allylic oxidation sites excluding steroid dienone is 3. The maximum atomic E-state index is 11.5. The Hall–Kier alpha value is -1.07. The zero-order valence-electron chi connectivity index (χ0n) is 7.48. The van der Waals surface area contributed by atoms with E-state index in [-0.39, 0.29) is 5.91 Å². The standard InChI is InChI=1S/C9H8N2OS2/c1-11-5-3-2-4-6(11)7-8(12)10-9(13)14-7/h2-5H,1H3,(H,10,12,13)/b7-6-. The van der Waals surface area contributed by atoms with Crippen LogP contribution in [0.25, 0.3) is 0 Å². The highest BCUT2D eigenvalue weighted by Gasteiger charge is 2.26. The number of nitrogens with zero attached hydrogens (tertiary/aromatic N) is 1. The second-order valence-corrected chi connectivity index (χ2v) is 4.56. The van der Waals surface area contributed by atoms with Gasteiger partial charge in [0.2, 0.25) is 0 Å². The summed E-state index contributed by atoms with van der Waals surface area (Å²) in [4.78, 5) is 14.0. The normalized spacial score (nSPS) is 25.9. The summed E-state index contributed by atoms with van der Waals surface area (Å²) in [5.74, 6) is -0.109. The summed E-state index contributed by atoms with van der Waals surface area (Å²) in [7, 11) is 1.90. The minimum Gasteiger partial charge on any atom is -0.350 e. The van der Waals surface area contributed by atoms with Gasteiger partial charge >= 0.3 is 0 Å². The molecule has 1 saturated heterocycles. The number of likely N-dealkylation sites (N-methyl/N-ethyl adjacent to an activating group) is 1. The van der Waals surface area contributed by atoms with Crippen molar-refractivity contribution < 1.29 is 4.79 Å². The summed E-state index contributed by atoms with van der Waals surface area (Å²) in [5, 5.41) is 2.60. The lowest BCUT2D eigenvalue weighted by Gasteiger charge is -2.18. The van der Waals surface area contributed by atoms with Crippen molar-refractivity contribution in [2.45, 2.75) is 0 Å². The van der Waals surface area contributed by atoms with E-state index in [0.29, 0.717) is 9.23 Å². The Bertz CT molecular complexity index is 396. The average molecular weight is 224 g/mol. The number of carbonyl (C=O) groups is 1. The number of nitrogens with one attached hydrogen (secondary N) is 1. The molecule has 2 heterocycles. The van der Waals surface area contributed by atoms with Gasteiger partial charge in [-0.2, -0.15) is 0 Å². The molecule has 0 aromatic carbocycles. The van der Waals surface area contributed by atoms with E-state index in [1.807, 2.05) is 36.4 Å². The van der Waals surface area contributed by atoms with E-state index in [1.54, 1.807) is 0 Å². The average Bonchev–Trinajstić information content (AvgIpc) is 2.46. The highest BCUT2D eigenvalue weighted by Crippen LogP contribution is 2.29. The molecule has 0 aromatic heterocycles. The molecule has 0 aromatic rings. The highest BCUT2D eigenvalue weighted by molar-refractivity contribution is 8.26. The van der Waals surface area contributed by atoms with Crippen molar-refractivity contribution in [2.75, 3.05) is 7.05 Å². The van der Waals surface area contributed by atoms with E-state index >= 15 is 0 Å². The van der Waals surface area contributed by atoms with Gasteiger partial charge < -0.3 is 10.2 Å². The molecule has 0 bridgehead atoms. The van der Waals surface area contributed by atoms with E-state index in [1.165, 1.54) is 11.8 Å². The molecule has 2 rings (SSSR count). The molecule has 2 aliphatic heterocycles. The molecule has 72 valence electrons. The molecule has 0 aliphatic carbocycles. The molecule has 1 amide bonds. The first-order valence-electron chi connectivity index (χ1n) is 4.03. The molecule has 2 aliphatic rings. The lowest BCUT2D eigenvalue weighted by Crippen LogP contribution is -2.20. The fourth-order valence-corrected chi connectivity index (χ4v) is 2.37. The van der Waals surface area contributed by atoms with Crippen LogP contribution < -0.4 is 5.32 Å². The summed E-state index contributed by atoms with van der Waals surface area (Å²) in [6, 6.07) is 0. The number of carbonyl (C=O) groups excluding carboxylic acids is 1. The van der Waals surface area contributed by atoms with Crippen LogP contribution in [-0.4, -0.2) is 22.2 Å². The highest BCUT2D eigenvalue weighted by atomic mass is 32.2. The van der Waals surface area contributed by atoms with Gasteiger partial charge in [-0.3, -0.25) is 4.79 Å². The lowest BCUT2D eigenvalue weighted by molar-refractivity contribution is -0.115. The Labute approximate surface area is 91.5 Å². The van der Waals surface area contributed by atoms with E-state index in [0.717, 1.165) is 5.70 Å². The Morgan fingerprint density at radius 2 is 2.29 bits per heavy atom. The van der Waals surface area contributed by atoms with Crippen molar-refractivity contribution in [3.8, 4) is 0 Å². The number of hydrogen-bond donors (Lipinski definition) is 1. The summed E-state index contributed by atoms with van der Waals surface area (Å²) in [6.45, 7) is 0. The summed E-state index contributed by atoms with van der Waals surface area (Å²) < 4.78 is 0.522. The van der Waals surface area contributed by atoms with Gasteiger partial charge in [-0.05, 0) is 12.2 Å². The van der Waals surface area contributed by atoms with Gasteiger partial charge in [-0.15, -0.1) is 0 Å². The van der Waals surface area contributed by atoms with Gasteiger partial charge in [0.25, 0.3) is 5.91 Å². The summed E-state index contributed by atoms with van der Waals surface area (Å²) >= 11 is 6.22. The maximum Gasteiger partial charge on any atom is 0.265 e. The third kappa shape index (κ3) is 1.60. The topological polar surface area (TPSA) is 32.3 Å². The Morgan fingerprint density at radius 3 is 2.86 bits per heavy atom. The smallest absolute Gasteiger partial charge is 0.265 e. The van der Waals surface area contributed by atoms with Crippen LogP contribution in [0.2, 0.25) is 0 Å². The van der Waals surface area contributed by atoms with Crippen molar-refractivity contribution in [1.29, 1.82) is 0 Å². The fraction of sp³-hybridized carbons (Fsp3) is 0.111. The second kappa shape index (κ2) is 3.59. The molecule has 14 heavy (non-hydrogen) atoms. The van der Waals surface area contributed by atoms with E-state index in [2.05, 4.69) is 5.32 Å². The zero-order valence-corrected chi connectivity index (χ0v) is 9.11. The Morgan fingerprint density at radius 1 is 1.50 bits per heavy atom. The molecule has 0 radical (unpaired) electrons. The number of thioether (sulfide) groups is 1. The van der Waals surface area contributed by atoms with Crippen LogP contribution in [0.5, 0.6) is 0 Å². The number of amides is 1. The van der Waals surface area contributed by atoms with E-state index < -0.39 is 0 Å². The van der Waals surface area contributed by atoms with Crippen molar-refractivity contribution >= 4 is 34.2 Å². The fourth-order valence-electron chi connectivity index (χ4n) is 1.24. The van der Waals surface area contributed by atoms with Gasteiger partial charge in [0.05, 0.1) is 5.70 Å². The molecule has 1 fully saturated rings. The Balaban J connectivity index is 2.40. The number of hydrogen-bond acceptors (Lipinski definition) is 4. The molecule has 0 saturated carbocycles. The third-order valence-corrected chi connectivity index (χ3v) is 3.14. The molecule has 5 heteroatoms. The van der Waals surface area contributed by atoms with Crippen LogP contribution in [-0.2, 0) is 4.79 Å². The van der Waals surface area contributed by atoms with Crippen LogP contribution in [0.15, 0.2) is 35.0 Å². The predicted octanol–water partition coefficient (Wildman–Crippen LogP) is 1.36. The summed E-state index contributed by atoms with van der Waals surface area (Å²) in [5.41, 5.74) is 0.884. The number of thiocarbonyl (C=S) groups is 1. The van der Waals surface area contributed by atoms with Crippen molar-refractivity contribution in [1.82, 2.24) is 10.2 Å². The van der Waals surface area contributed by atoms with Gasteiger partial charge in [-0.25, -0.2) is 0 Å². The molecule has 0 unspecified atom stereocenters. The monoisotopic (exact) mass is 224 g/mol. The lowest BCUT2D eigenvalue weighted by atomic mass is 10.2. The van der Waals surface area contributed by atoms with Gasteiger partial charge in [0.15, 0.2) is 0 Å². The van der Waals surface area contributed by atoms with Crippen LogP contribution >= 0.6 is 24.0 Å². The van der Waals surface area contributed by atoms with E-state index in [4.69, 9.17) is 12.2 Å². The van der Waals surface area contributed by atoms with Crippen LogP contribution in [0, 0.1) is 0 Å². The zero-order chi connectivity index (χ0) is 10.1. The number of rotatable bonds is 0. The van der Waals surface area contributed by atoms with Gasteiger partial charge in [-0.1, -0.05) is 30.1 Å². The molecule has 3 nitrogen and oxygen atoms in total. The first kappa shape index (κ1) is 9.48. The van der Waals surface area contributed by atoms with E-state index in [9.17, 15) is 4.79 Å². The molecule has 1 N–H and O–H groups in total. The largest absolute Gasteiger partial charge is 0.350 e. The van der Waals surface area contributed by atoms with Crippen molar-refractivity contribution in [3.63, 3.8) is 0 Å². The van der Waals surface area contributed by atoms with Gasteiger partial charge in [0.1, 0.15) is 9.23 Å². The van der Waals surface area contributed by atoms with Crippen molar-refractivity contribution in [2.24, 2.45) is 0 Å². The summed E-state index contributed by atoms with van der Waals surface area (Å²) in [6.07, 6.45) is 7.62. The maximum absolute atomic E-state index is 11.5. The van der Waals surface area contributed by atoms with Crippen LogP contribution in [0.1, 0.15) is 0 Å². The quantitative estimate of drug-likeness (QED) is 0.497. The minimum absolute atomic E-state index is 0.109. The van der Waals surface area contributed by atoms with Crippen molar-refractivity contribution in [3.05, 3.63) is 35.0 Å². The molecular formula is C9H8N2OS2. The molecule has 0 atom stereocenters. The first-order valence-corrected chi connectivity index (χ1v) is 5.26. The molecular weight excluding hydrogens is 216 g/mol. The predicted molar refractivity (Wildman–Crippen MR) is 61.4 cm³/mol. The van der Waals surface area contributed by atoms with Crippen LogP contribution in [0.4, 0.5) is 0 Å². The molecule has 0 spiro atoms. The minimum atomic E-state index is -0.109. The SMILES string of the molecule is CN1C=CC=C/C1=C1/SC(=S)NC1=O. The second-order valence-electron chi connectivity index (χ2n) is 2.87.